The number of nitrogens with zero attached hydrogens (tertiary/aromatic N) is 2. The summed E-state index contributed by atoms with van der Waals surface area (Å²) in [6, 6.07) is 12.7. The summed E-state index contributed by atoms with van der Waals surface area (Å²) in [7, 11) is 2.06. The second-order valence-corrected chi connectivity index (χ2v) is 8.46. The molecule has 2 aromatic carbocycles. The molecule has 4 rings (SSSR count). The van der Waals surface area contributed by atoms with Crippen LogP contribution in [0.2, 0.25) is 0 Å². The molecule has 1 fully saturated rings. The number of hydrogen-bond donors (Lipinski definition) is 0. The van der Waals surface area contributed by atoms with Crippen molar-refractivity contribution in [1.82, 2.24) is 4.90 Å². The fraction of sp³-hybridized carbons (Fsp3) is 0.158. The first-order valence-corrected chi connectivity index (χ1v) is 10.0. The number of likely N-dealkylation sites (N-methyl/N-ethyl adjacent to an activating group) is 1. The Hall–Kier alpha value is -1.76. The number of thioether (sulfide) groups is 2. The minimum absolute atomic E-state index is 0.00274. The van der Waals surface area contributed by atoms with Crippen LogP contribution in [0.15, 0.2) is 63.4 Å². The van der Waals surface area contributed by atoms with Gasteiger partial charge in [0.25, 0.3) is 5.91 Å². The van der Waals surface area contributed by atoms with Gasteiger partial charge in [-0.05, 0) is 35.9 Å². The molecule has 0 saturated carbocycles. The van der Waals surface area contributed by atoms with Crippen molar-refractivity contribution in [1.29, 1.82) is 0 Å². The van der Waals surface area contributed by atoms with Crippen LogP contribution in [0.1, 0.15) is 6.92 Å². The van der Waals surface area contributed by atoms with E-state index in [0.29, 0.717) is 15.8 Å². The molecule has 2 heterocycles. The van der Waals surface area contributed by atoms with E-state index in [1.807, 2.05) is 19.1 Å². The lowest BCUT2D eigenvalue weighted by Crippen LogP contribution is -2.27. The van der Waals surface area contributed by atoms with E-state index in [2.05, 4.69) is 48.3 Å². The molecule has 126 valence electrons. The minimum Gasteiger partial charge on any atom is -0.338 e. The van der Waals surface area contributed by atoms with Crippen molar-refractivity contribution >= 4 is 62.4 Å². The van der Waals surface area contributed by atoms with Gasteiger partial charge in [-0.3, -0.25) is 9.69 Å². The molecule has 0 unspecified atom stereocenters. The van der Waals surface area contributed by atoms with Crippen LogP contribution in [0, 0.1) is 0 Å². The normalized spacial score (nSPS) is 20.4. The first kappa shape index (κ1) is 16.7. The number of thiocarbonyl (C=S) groups is 1. The van der Waals surface area contributed by atoms with E-state index in [0.717, 1.165) is 5.03 Å². The summed E-state index contributed by atoms with van der Waals surface area (Å²) >= 11 is 8.38. The fourth-order valence-electron chi connectivity index (χ4n) is 2.97. The zero-order valence-electron chi connectivity index (χ0n) is 13.9. The van der Waals surface area contributed by atoms with Crippen molar-refractivity contribution in [2.45, 2.75) is 11.8 Å². The SMILES string of the molecule is CCN1C(=O)/C(=C/C=C2\Sc3c(ccc4ccccc34)N2C)SC1=S. The van der Waals surface area contributed by atoms with Crippen LogP contribution >= 0.6 is 35.7 Å². The highest BCUT2D eigenvalue weighted by Gasteiger charge is 2.30. The van der Waals surface area contributed by atoms with Gasteiger partial charge < -0.3 is 4.90 Å². The lowest BCUT2D eigenvalue weighted by molar-refractivity contribution is -0.122. The van der Waals surface area contributed by atoms with Gasteiger partial charge in [0.1, 0.15) is 4.32 Å². The molecule has 0 bridgehead atoms. The standard InChI is InChI=1S/C19H16N2OS3/c1-3-21-18(22)15(24-19(21)23)10-11-16-20(2)14-9-8-12-6-4-5-7-13(12)17(14)25-16/h4-11H,3H2,1-2H3/b15-10-,16-11-. The van der Waals surface area contributed by atoms with Gasteiger partial charge in [0.05, 0.1) is 15.6 Å². The molecule has 0 aliphatic carbocycles. The Bertz CT molecular complexity index is 964. The van der Waals surface area contributed by atoms with E-state index in [-0.39, 0.29) is 5.91 Å². The van der Waals surface area contributed by atoms with Crippen LogP contribution in [-0.4, -0.2) is 28.7 Å². The van der Waals surface area contributed by atoms with Crippen LogP contribution in [0.3, 0.4) is 0 Å². The van der Waals surface area contributed by atoms with Gasteiger partial charge in [-0.25, -0.2) is 0 Å². The van der Waals surface area contributed by atoms with Crippen molar-refractivity contribution in [3.8, 4) is 0 Å². The number of carbonyl (C=O) groups is 1. The Labute approximate surface area is 160 Å². The van der Waals surface area contributed by atoms with Crippen molar-refractivity contribution in [2.75, 3.05) is 18.5 Å². The maximum atomic E-state index is 12.3. The quantitative estimate of drug-likeness (QED) is 0.536. The maximum absolute atomic E-state index is 12.3. The largest absolute Gasteiger partial charge is 0.338 e. The first-order valence-electron chi connectivity index (χ1n) is 7.99. The predicted octanol–water partition coefficient (Wildman–Crippen LogP) is 4.99. The van der Waals surface area contributed by atoms with Crippen LogP contribution in [-0.2, 0) is 4.79 Å². The van der Waals surface area contributed by atoms with Crippen molar-refractivity contribution in [2.24, 2.45) is 0 Å². The third-order valence-electron chi connectivity index (χ3n) is 4.32. The number of rotatable bonds is 2. The lowest BCUT2D eigenvalue weighted by atomic mass is 10.1. The highest BCUT2D eigenvalue weighted by atomic mass is 32.2. The second kappa shape index (κ2) is 6.52. The summed E-state index contributed by atoms with van der Waals surface area (Å²) in [5.74, 6) is 0.00274. The number of anilines is 1. The Morgan fingerprint density at radius 1 is 1.12 bits per heavy atom. The number of hydrogen-bond acceptors (Lipinski definition) is 5. The molecule has 6 heteroatoms. The topological polar surface area (TPSA) is 23.6 Å². The van der Waals surface area contributed by atoms with Gasteiger partial charge in [0.2, 0.25) is 0 Å². The van der Waals surface area contributed by atoms with E-state index >= 15 is 0 Å². The summed E-state index contributed by atoms with van der Waals surface area (Å²) in [4.78, 5) is 18.1. The highest BCUT2D eigenvalue weighted by Crippen LogP contribution is 2.48. The molecule has 25 heavy (non-hydrogen) atoms. The molecule has 0 aromatic heterocycles. The Balaban J connectivity index is 1.68. The van der Waals surface area contributed by atoms with Gasteiger partial charge in [0, 0.05) is 18.5 Å². The van der Waals surface area contributed by atoms with E-state index in [1.54, 1.807) is 16.7 Å². The van der Waals surface area contributed by atoms with Crippen molar-refractivity contribution < 1.29 is 4.79 Å². The third-order valence-corrected chi connectivity index (χ3v) is 6.97. The van der Waals surface area contributed by atoms with Crippen molar-refractivity contribution in [3.63, 3.8) is 0 Å². The van der Waals surface area contributed by atoms with Gasteiger partial charge in [0.15, 0.2) is 0 Å². The summed E-state index contributed by atoms with van der Waals surface area (Å²) in [5.41, 5.74) is 1.20. The van der Waals surface area contributed by atoms with Crippen LogP contribution in [0.4, 0.5) is 5.69 Å². The van der Waals surface area contributed by atoms with Gasteiger partial charge in [-0.2, -0.15) is 0 Å². The van der Waals surface area contributed by atoms with Crippen molar-refractivity contribution in [3.05, 3.63) is 58.5 Å². The van der Waals surface area contributed by atoms with E-state index in [9.17, 15) is 4.79 Å². The summed E-state index contributed by atoms with van der Waals surface area (Å²) in [6.07, 6.45) is 3.91. The molecule has 2 aliphatic rings. The number of allylic oxidation sites excluding steroid dienone is 2. The Morgan fingerprint density at radius 2 is 1.92 bits per heavy atom. The maximum Gasteiger partial charge on any atom is 0.266 e. The van der Waals surface area contributed by atoms with Gasteiger partial charge >= 0.3 is 0 Å². The highest BCUT2D eigenvalue weighted by molar-refractivity contribution is 8.26. The second-order valence-electron chi connectivity index (χ2n) is 5.75. The molecule has 1 saturated heterocycles. The van der Waals surface area contributed by atoms with Crippen LogP contribution in [0.5, 0.6) is 0 Å². The Morgan fingerprint density at radius 3 is 2.68 bits per heavy atom. The molecule has 0 radical (unpaired) electrons. The summed E-state index contributed by atoms with van der Waals surface area (Å²) < 4.78 is 0.638. The molecule has 3 nitrogen and oxygen atoms in total. The number of amides is 1. The summed E-state index contributed by atoms with van der Waals surface area (Å²) in [6.45, 7) is 2.55. The average molecular weight is 385 g/mol. The number of fused-ring (bicyclic) bond motifs is 3. The van der Waals surface area contributed by atoms with Gasteiger partial charge in [-0.15, -0.1) is 0 Å². The molecule has 1 amide bonds. The van der Waals surface area contributed by atoms with E-state index in [1.165, 1.54) is 33.1 Å². The molecule has 2 aromatic rings. The smallest absolute Gasteiger partial charge is 0.266 e. The molecular formula is C19H16N2OS3. The zero-order chi connectivity index (χ0) is 17.6. The number of benzene rings is 2. The van der Waals surface area contributed by atoms with Gasteiger partial charge in [-0.1, -0.05) is 66.1 Å². The van der Waals surface area contributed by atoms with Crippen LogP contribution < -0.4 is 4.90 Å². The first-order chi connectivity index (χ1) is 12.1. The zero-order valence-corrected chi connectivity index (χ0v) is 16.3. The fourth-order valence-corrected chi connectivity index (χ4v) is 5.49. The average Bonchev–Trinajstić information content (AvgIpc) is 3.09. The molecular weight excluding hydrogens is 368 g/mol. The molecule has 0 atom stereocenters. The molecule has 2 aliphatic heterocycles. The predicted molar refractivity (Wildman–Crippen MR) is 112 cm³/mol. The summed E-state index contributed by atoms with van der Waals surface area (Å²) in [5, 5.41) is 3.61. The monoisotopic (exact) mass is 384 g/mol. The Kier molecular flexibility index (Phi) is 4.35. The minimum atomic E-state index is 0.00274. The number of carbonyl (C=O) groups excluding carboxylic acids is 1. The van der Waals surface area contributed by atoms with E-state index < -0.39 is 0 Å². The van der Waals surface area contributed by atoms with Crippen LogP contribution in [0.25, 0.3) is 10.8 Å². The molecule has 0 N–H and O–H groups in total. The third kappa shape index (κ3) is 2.78. The molecule has 0 spiro atoms. The lowest BCUT2D eigenvalue weighted by Gasteiger charge is -2.13. The van der Waals surface area contributed by atoms with E-state index in [4.69, 9.17) is 12.2 Å².